The van der Waals surface area contributed by atoms with Crippen molar-refractivity contribution in [2.75, 3.05) is 24.2 Å². The molecule has 216 valence electrons. The smallest absolute Gasteiger partial charge is 0.439 e. The van der Waals surface area contributed by atoms with Crippen molar-refractivity contribution >= 4 is 21.4 Å². The molecule has 40 heavy (non-hydrogen) atoms. The molecule has 3 aliphatic rings. The summed E-state index contributed by atoms with van der Waals surface area (Å²) in [4.78, 5) is 18.6. The lowest BCUT2D eigenvalue weighted by atomic mass is 9.76. The lowest BCUT2D eigenvalue weighted by molar-refractivity contribution is -0.297. The van der Waals surface area contributed by atoms with Crippen LogP contribution >= 0.6 is 0 Å². The van der Waals surface area contributed by atoms with Gasteiger partial charge in [-0.15, -0.1) is 0 Å². The fourth-order valence-electron chi connectivity index (χ4n) is 5.27. The van der Waals surface area contributed by atoms with Crippen LogP contribution in [0.3, 0.4) is 0 Å². The van der Waals surface area contributed by atoms with Gasteiger partial charge in [0.25, 0.3) is 5.89 Å². The normalized spacial score (nSPS) is 23.3. The number of halogens is 5. The summed E-state index contributed by atoms with van der Waals surface area (Å²) < 4.78 is 97.1. The van der Waals surface area contributed by atoms with Crippen molar-refractivity contribution in [3.05, 3.63) is 35.9 Å². The number of hydrogen-bond acceptors (Lipinski definition) is 7. The Bertz CT molecular complexity index is 1440. The average Bonchev–Trinajstić information content (AvgIpc) is 3.48. The number of nitrogens with one attached hydrogen (secondary N) is 1. The minimum Gasteiger partial charge on any atom is -0.439 e. The van der Waals surface area contributed by atoms with E-state index in [1.165, 1.54) is 12.1 Å². The fraction of sp³-hybridized carbons (Fsp3) is 0.577. The maximum Gasteiger partial charge on any atom is 0.463 e. The lowest BCUT2D eigenvalue weighted by Gasteiger charge is -2.39. The second-order valence-corrected chi connectivity index (χ2v) is 13.2. The molecule has 0 bridgehead atoms. The highest BCUT2D eigenvalue weighted by Gasteiger charge is 2.63. The van der Waals surface area contributed by atoms with E-state index in [1.54, 1.807) is 17.0 Å². The summed E-state index contributed by atoms with van der Waals surface area (Å²) in [5, 5.41) is 11.6. The van der Waals surface area contributed by atoms with E-state index in [1.807, 2.05) is 0 Å². The molecule has 1 N–H and O–H groups in total. The molecular weight excluding hydrogens is 559 g/mol. The molecule has 1 saturated heterocycles. The zero-order chi connectivity index (χ0) is 29.1. The molecule has 3 fully saturated rings. The first-order chi connectivity index (χ1) is 18.6. The molecule has 2 heterocycles. The van der Waals surface area contributed by atoms with E-state index < -0.39 is 56.4 Å². The second kappa shape index (κ2) is 9.71. The van der Waals surface area contributed by atoms with Crippen LogP contribution in [0.15, 0.2) is 28.7 Å². The molecule has 2 atom stereocenters. The van der Waals surface area contributed by atoms with E-state index in [4.69, 9.17) is 4.42 Å². The van der Waals surface area contributed by atoms with Crippen molar-refractivity contribution in [2.24, 2.45) is 5.92 Å². The largest absolute Gasteiger partial charge is 0.463 e. The third-order valence-electron chi connectivity index (χ3n) is 8.00. The van der Waals surface area contributed by atoms with Crippen LogP contribution in [0.25, 0.3) is 11.3 Å². The third kappa shape index (κ3) is 5.15. The van der Waals surface area contributed by atoms with Gasteiger partial charge in [0, 0.05) is 42.4 Å². The molecule has 1 aromatic heterocycles. The number of alkyl halides is 5. The summed E-state index contributed by atoms with van der Waals surface area (Å²) in [6.45, 7) is 0.552. The Labute approximate surface area is 227 Å². The fourth-order valence-corrected chi connectivity index (χ4v) is 6.17. The van der Waals surface area contributed by atoms with Crippen LogP contribution < -0.4 is 10.2 Å². The van der Waals surface area contributed by atoms with Gasteiger partial charge < -0.3 is 14.6 Å². The van der Waals surface area contributed by atoms with Crippen LogP contribution in [0.5, 0.6) is 0 Å². The molecule has 0 spiro atoms. The average molecular weight is 587 g/mol. The molecule has 14 heteroatoms. The highest BCUT2D eigenvalue weighted by molar-refractivity contribution is 7.91. The van der Waals surface area contributed by atoms with Crippen molar-refractivity contribution in [2.45, 2.75) is 67.3 Å². The predicted molar refractivity (Wildman–Crippen MR) is 133 cm³/mol. The van der Waals surface area contributed by atoms with Crippen LogP contribution in [0.1, 0.15) is 56.1 Å². The number of hydrogen-bond donors (Lipinski definition) is 1. The number of nitriles is 1. The van der Waals surface area contributed by atoms with E-state index in [0.29, 0.717) is 44.2 Å². The van der Waals surface area contributed by atoms with Crippen molar-refractivity contribution in [3.63, 3.8) is 0 Å². The Morgan fingerprint density at radius 1 is 1.12 bits per heavy atom. The molecular formula is C26H27F5N4O4S. The van der Waals surface area contributed by atoms with Crippen LogP contribution in [-0.2, 0) is 20.6 Å². The maximum absolute atomic E-state index is 14.4. The monoisotopic (exact) mass is 586 g/mol. The quantitative estimate of drug-likeness (QED) is 0.469. The first-order valence-corrected chi connectivity index (χ1v) is 14.8. The van der Waals surface area contributed by atoms with E-state index >= 15 is 0 Å². The van der Waals surface area contributed by atoms with E-state index in [2.05, 4.69) is 16.4 Å². The maximum atomic E-state index is 14.4. The van der Waals surface area contributed by atoms with E-state index in [0.717, 1.165) is 6.26 Å². The molecule has 1 amide bonds. The summed E-state index contributed by atoms with van der Waals surface area (Å²) in [5.74, 6) is -9.48. The summed E-state index contributed by atoms with van der Waals surface area (Å²) in [6.07, 6.45) is -1.94. The molecule has 2 aliphatic carbocycles. The van der Waals surface area contributed by atoms with Gasteiger partial charge in [0.15, 0.2) is 9.84 Å². The Morgan fingerprint density at radius 3 is 2.30 bits per heavy atom. The number of aromatic nitrogens is 1. The molecule has 1 aliphatic heterocycles. The van der Waals surface area contributed by atoms with Crippen LogP contribution in [0, 0.1) is 17.2 Å². The van der Waals surface area contributed by atoms with Crippen LogP contribution in [0.2, 0.25) is 0 Å². The number of carbonyl (C=O) groups is 1. The van der Waals surface area contributed by atoms with Crippen molar-refractivity contribution in [3.8, 4) is 17.3 Å². The Balaban J connectivity index is 1.49. The van der Waals surface area contributed by atoms with E-state index in [9.17, 15) is 40.4 Å². The Kier molecular flexibility index (Phi) is 6.88. The Morgan fingerprint density at radius 2 is 1.75 bits per heavy atom. The zero-order valence-corrected chi connectivity index (χ0v) is 22.3. The number of amides is 1. The van der Waals surface area contributed by atoms with Gasteiger partial charge in [0.2, 0.25) is 5.91 Å². The molecule has 8 nitrogen and oxygen atoms in total. The summed E-state index contributed by atoms with van der Waals surface area (Å²) in [7, 11) is -3.20. The van der Waals surface area contributed by atoms with Gasteiger partial charge >= 0.3 is 12.1 Å². The molecule has 0 radical (unpaired) electrons. The van der Waals surface area contributed by atoms with E-state index in [-0.39, 0.29) is 30.1 Å². The summed E-state index contributed by atoms with van der Waals surface area (Å²) in [6, 6.07) is 8.25. The lowest BCUT2D eigenvalue weighted by Crippen LogP contribution is -2.54. The standard InChI is InChI=1S/C26H27F5N4O4S/c1-40(37,38)17-12-35(13-17)16-8-6-15(7-9-16)20-21(39-23(33-20)25(27,28)26(29,30)31)18-4-2-3-5-19(18)22(36)34-24(14-32)10-11-24/h6-9,17-19H,2-5,10-13H2,1H3,(H,34,36)/t18-,19-/m1/s1. The number of oxazole rings is 1. The van der Waals surface area contributed by atoms with Gasteiger partial charge in [0.1, 0.15) is 17.0 Å². The molecule has 0 unspecified atom stereocenters. The van der Waals surface area contributed by atoms with Gasteiger partial charge in [-0.25, -0.2) is 13.4 Å². The number of nitrogens with zero attached hydrogens (tertiary/aromatic N) is 3. The SMILES string of the molecule is CS(=O)(=O)C1CN(c2ccc(-c3nc(C(F)(F)C(F)(F)F)oc3[C@@H]3CCCC[C@H]3C(=O)NC3(C#N)CC3)cc2)C1. The summed E-state index contributed by atoms with van der Waals surface area (Å²) in [5.41, 5.74) is -0.321. The molecule has 2 saturated carbocycles. The predicted octanol–water partition coefficient (Wildman–Crippen LogP) is 4.68. The zero-order valence-electron chi connectivity index (χ0n) is 21.5. The van der Waals surface area contributed by atoms with Gasteiger partial charge in [-0.3, -0.25) is 4.79 Å². The summed E-state index contributed by atoms with van der Waals surface area (Å²) >= 11 is 0. The van der Waals surface area contributed by atoms with Gasteiger partial charge in [0.05, 0.1) is 11.3 Å². The highest BCUT2D eigenvalue weighted by atomic mass is 32.2. The van der Waals surface area contributed by atoms with Crippen LogP contribution in [0.4, 0.5) is 27.6 Å². The van der Waals surface area contributed by atoms with Crippen molar-refractivity contribution in [1.82, 2.24) is 10.3 Å². The van der Waals surface area contributed by atoms with Crippen LogP contribution in [-0.4, -0.2) is 55.6 Å². The Hall–Kier alpha value is -3.21. The second-order valence-electron chi connectivity index (χ2n) is 10.9. The highest BCUT2D eigenvalue weighted by Crippen LogP contribution is 2.49. The molecule has 2 aromatic rings. The van der Waals surface area contributed by atoms with Gasteiger partial charge in [-0.1, -0.05) is 25.0 Å². The minimum atomic E-state index is -5.95. The first kappa shape index (κ1) is 28.3. The number of anilines is 1. The molecule has 5 rings (SSSR count). The van der Waals surface area contributed by atoms with Gasteiger partial charge in [-0.05, 0) is 37.8 Å². The van der Waals surface area contributed by atoms with Gasteiger partial charge in [-0.2, -0.15) is 27.2 Å². The van der Waals surface area contributed by atoms with Crippen molar-refractivity contribution < 1.29 is 39.6 Å². The topological polar surface area (TPSA) is 116 Å². The van der Waals surface area contributed by atoms with Crippen molar-refractivity contribution in [1.29, 1.82) is 5.26 Å². The number of sulfone groups is 1. The number of rotatable bonds is 7. The number of carbonyl (C=O) groups excluding carboxylic acids is 1. The number of benzene rings is 1. The molecule has 1 aromatic carbocycles. The first-order valence-electron chi connectivity index (χ1n) is 12.9. The third-order valence-corrected chi connectivity index (χ3v) is 9.51. The minimum absolute atomic E-state index is 0.214.